The monoisotopic (exact) mass is 382 g/mol. The normalized spacial score (nSPS) is 11.5. The van der Waals surface area contributed by atoms with Crippen LogP contribution >= 0.6 is 23.2 Å². The highest BCUT2D eigenvalue weighted by atomic mass is 35.5. The topological polar surface area (TPSA) is 77.5 Å². The van der Waals surface area contributed by atoms with Gasteiger partial charge >= 0.3 is 5.97 Å². The van der Waals surface area contributed by atoms with Gasteiger partial charge in [-0.05, 0) is 30.7 Å². The number of hydrogen-bond donors (Lipinski definition) is 1. The molecule has 1 aromatic carbocycles. The number of esters is 1. The molecule has 1 amide bonds. The fourth-order valence-corrected chi connectivity index (χ4v) is 2.16. The number of pyridine rings is 1. The predicted molar refractivity (Wildman–Crippen MR) is 94.0 cm³/mol. The lowest BCUT2D eigenvalue weighted by Gasteiger charge is -2.14. The summed E-state index contributed by atoms with van der Waals surface area (Å²) in [5, 5.41) is 2.91. The molecule has 132 valence electrons. The van der Waals surface area contributed by atoms with Crippen LogP contribution in [0, 0.1) is 0 Å². The van der Waals surface area contributed by atoms with E-state index in [0.717, 1.165) is 11.3 Å². The van der Waals surface area contributed by atoms with Crippen LogP contribution in [0.5, 0.6) is 5.75 Å². The van der Waals surface area contributed by atoms with Crippen molar-refractivity contribution >= 4 is 35.1 Å². The van der Waals surface area contributed by atoms with Gasteiger partial charge in [-0.1, -0.05) is 35.3 Å². The predicted octanol–water partition coefficient (Wildman–Crippen LogP) is 3.26. The van der Waals surface area contributed by atoms with Crippen molar-refractivity contribution in [2.45, 2.75) is 19.6 Å². The number of ether oxygens (including phenoxy) is 2. The molecule has 0 fully saturated rings. The number of hydrogen-bond acceptors (Lipinski definition) is 5. The summed E-state index contributed by atoms with van der Waals surface area (Å²) in [6.45, 7) is 1.78. The highest BCUT2D eigenvalue weighted by molar-refractivity contribution is 6.41. The Labute approximate surface area is 155 Å². The number of benzene rings is 1. The molecule has 1 heterocycles. The van der Waals surface area contributed by atoms with Gasteiger partial charge in [0.1, 0.15) is 10.9 Å². The molecule has 0 saturated heterocycles. The lowest BCUT2D eigenvalue weighted by atomic mass is 10.2. The maximum absolute atomic E-state index is 12.1. The van der Waals surface area contributed by atoms with Crippen LogP contribution in [0.2, 0.25) is 10.2 Å². The first-order chi connectivity index (χ1) is 11.9. The van der Waals surface area contributed by atoms with E-state index in [1.807, 2.05) is 12.1 Å². The third kappa shape index (κ3) is 5.34. The molecular weight excluding hydrogens is 367 g/mol. The molecule has 0 bridgehead atoms. The second kappa shape index (κ2) is 8.69. The quantitative estimate of drug-likeness (QED) is 0.612. The van der Waals surface area contributed by atoms with Crippen LogP contribution in [-0.2, 0) is 16.1 Å². The van der Waals surface area contributed by atoms with Gasteiger partial charge in [-0.3, -0.25) is 4.79 Å². The van der Waals surface area contributed by atoms with E-state index in [4.69, 9.17) is 32.7 Å². The molecule has 0 aliphatic carbocycles. The molecule has 1 N–H and O–H groups in total. The Hall–Kier alpha value is -2.31. The smallest absolute Gasteiger partial charge is 0.340 e. The average molecular weight is 383 g/mol. The van der Waals surface area contributed by atoms with Crippen LogP contribution in [0.25, 0.3) is 0 Å². The third-order valence-corrected chi connectivity index (χ3v) is 4.00. The summed E-state index contributed by atoms with van der Waals surface area (Å²) >= 11 is 11.5. The lowest BCUT2D eigenvalue weighted by molar-refractivity contribution is -0.129. The van der Waals surface area contributed by atoms with Crippen molar-refractivity contribution in [2.75, 3.05) is 7.11 Å². The summed E-state index contributed by atoms with van der Waals surface area (Å²) in [5.41, 5.74) is 1.01. The zero-order valence-corrected chi connectivity index (χ0v) is 15.1. The summed E-state index contributed by atoms with van der Waals surface area (Å²) < 4.78 is 10.2. The molecule has 0 aliphatic rings. The minimum Gasteiger partial charge on any atom is -0.497 e. The van der Waals surface area contributed by atoms with E-state index >= 15 is 0 Å². The van der Waals surface area contributed by atoms with Crippen molar-refractivity contribution in [1.29, 1.82) is 0 Å². The Kier molecular flexibility index (Phi) is 6.61. The minimum absolute atomic E-state index is 0.0866. The van der Waals surface area contributed by atoms with Crippen LogP contribution in [0.15, 0.2) is 36.5 Å². The number of halogens is 2. The molecule has 0 saturated carbocycles. The van der Waals surface area contributed by atoms with E-state index < -0.39 is 18.0 Å². The van der Waals surface area contributed by atoms with Gasteiger partial charge in [-0.15, -0.1) is 0 Å². The average Bonchev–Trinajstić information content (AvgIpc) is 2.62. The van der Waals surface area contributed by atoms with Gasteiger partial charge in [0, 0.05) is 12.7 Å². The van der Waals surface area contributed by atoms with Crippen LogP contribution in [0.1, 0.15) is 22.8 Å². The molecule has 0 unspecified atom stereocenters. The van der Waals surface area contributed by atoms with E-state index in [9.17, 15) is 9.59 Å². The molecular formula is C17H16Cl2N2O4. The van der Waals surface area contributed by atoms with Crippen molar-refractivity contribution < 1.29 is 19.1 Å². The standard InChI is InChI=1S/C17H16Cl2N2O4/c1-10(25-17(23)12-7-14(18)15(19)20-9-12)16(22)21-8-11-3-5-13(24-2)6-4-11/h3-7,9-10H,8H2,1-2H3,(H,21,22)/t10-/m0/s1. The first kappa shape index (κ1) is 19.0. The molecule has 25 heavy (non-hydrogen) atoms. The van der Waals surface area contributed by atoms with E-state index in [1.165, 1.54) is 19.2 Å². The number of nitrogens with zero attached hydrogens (tertiary/aromatic N) is 1. The van der Waals surface area contributed by atoms with E-state index in [-0.39, 0.29) is 15.7 Å². The van der Waals surface area contributed by atoms with Crippen molar-refractivity contribution in [3.63, 3.8) is 0 Å². The van der Waals surface area contributed by atoms with E-state index in [0.29, 0.717) is 6.54 Å². The molecule has 6 nitrogen and oxygen atoms in total. The van der Waals surface area contributed by atoms with Gasteiger partial charge in [0.25, 0.3) is 5.91 Å². The first-order valence-electron chi connectivity index (χ1n) is 7.33. The Morgan fingerprint density at radius 1 is 1.24 bits per heavy atom. The maximum atomic E-state index is 12.1. The number of nitrogens with one attached hydrogen (secondary N) is 1. The number of aromatic nitrogens is 1. The Balaban J connectivity index is 1.88. The molecule has 1 aromatic heterocycles. The summed E-state index contributed by atoms with van der Waals surface area (Å²) in [5.74, 6) is -0.400. The van der Waals surface area contributed by atoms with Crippen molar-refractivity contribution in [2.24, 2.45) is 0 Å². The Morgan fingerprint density at radius 3 is 2.52 bits per heavy atom. The molecule has 2 rings (SSSR count). The highest BCUT2D eigenvalue weighted by Gasteiger charge is 2.19. The zero-order valence-electron chi connectivity index (χ0n) is 13.6. The maximum Gasteiger partial charge on any atom is 0.340 e. The summed E-state index contributed by atoms with van der Waals surface area (Å²) in [6, 6.07) is 8.58. The van der Waals surface area contributed by atoms with Gasteiger partial charge in [0.15, 0.2) is 6.10 Å². The second-order valence-electron chi connectivity index (χ2n) is 5.11. The number of rotatable bonds is 6. The fraction of sp³-hybridized carbons (Fsp3) is 0.235. The minimum atomic E-state index is -0.972. The molecule has 2 aromatic rings. The highest BCUT2D eigenvalue weighted by Crippen LogP contribution is 2.20. The molecule has 8 heteroatoms. The van der Waals surface area contributed by atoms with Crippen LogP contribution in [-0.4, -0.2) is 30.1 Å². The van der Waals surface area contributed by atoms with E-state index in [2.05, 4.69) is 10.3 Å². The molecule has 1 atom stereocenters. The second-order valence-corrected chi connectivity index (χ2v) is 5.88. The van der Waals surface area contributed by atoms with Gasteiger partial charge in [-0.2, -0.15) is 0 Å². The van der Waals surface area contributed by atoms with Crippen LogP contribution < -0.4 is 10.1 Å². The van der Waals surface area contributed by atoms with Gasteiger partial charge in [0.2, 0.25) is 0 Å². The summed E-state index contributed by atoms with van der Waals surface area (Å²) in [4.78, 5) is 27.8. The van der Waals surface area contributed by atoms with Crippen LogP contribution in [0.3, 0.4) is 0 Å². The van der Waals surface area contributed by atoms with E-state index in [1.54, 1.807) is 19.2 Å². The molecule has 0 aliphatic heterocycles. The zero-order chi connectivity index (χ0) is 18.4. The summed E-state index contributed by atoms with van der Waals surface area (Å²) in [7, 11) is 1.58. The van der Waals surface area contributed by atoms with Crippen molar-refractivity contribution in [1.82, 2.24) is 10.3 Å². The molecule has 0 spiro atoms. The van der Waals surface area contributed by atoms with Gasteiger partial charge in [-0.25, -0.2) is 9.78 Å². The number of amides is 1. The Bertz CT molecular complexity index is 766. The summed E-state index contributed by atoms with van der Waals surface area (Å²) in [6.07, 6.45) is 0.263. The third-order valence-electron chi connectivity index (χ3n) is 3.31. The fourth-order valence-electron chi connectivity index (χ4n) is 1.89. The van der Waals surface area contributed by atoms with Crippen LogP contribution in [0.4, 0.5) is 0 Å². The SMILES string of the molecule is COc1ccc(CNC(=O)[C@H](C)OC(=O)c2cnc(Cl)c(Cl)c2)cc1. The van der Waals surface area contributed by atoms with Crippen molar-refractivity contribution in [3.05, 3.63) is 57.8 Å². The van der Waals surface area contributed by atoms with Gasteiger partial charge in [0.05, 0.1) is 17.7 Å². The largest absolute Gasteiger partial charge is 0.497 e. The first-order valence-corrected chi connectivity index (χ1v) is 8.09. The lowest BCUT2D eigenvalue weighted by Crippen LogP contribution is -2.35. The van der Waals surface area contributed by atoms with Crippen molar-refractivity contribution in [3.8, 4) is 5.75 Å². The Morgan fingerprint density at radius 2 is 1.92 bits per heavy atom. The number of carbonyl (C=O) groups excluding carboxylic acids is 2. The van der Waals surface area contributed by atoms with Gasteiger partial charge < -0.3 is 14.8 Å². The number of carbonyl (C=O) groups is 2. The number of methoxy groups -OCH3 is 1. The molecule has 0 radical (unpaired) electrons.